The van der Waals surface area contributed by atoms with E-state index in [0.717, 1.165) is 0 Å². The minimum absolute atomic E-state index is 0.0179. The van der Waals surface area contributed by atoms with E-state index >= 15 is 0 Å². The summed E-state index contributed by atoms with van der Waals surface area (Å²) in [6.07, 6.45) is 4.76. The zero-order valence-electron chi connectivity index (χ0n) is 14.1. The minimum Gasteiger partial charge on any atom is -0.462 e. The maximum atomic E-state index is 11.0. The fraction of sp³-hybridized carbons (Fsp3) is 0.471. The zero-order chi connectivity index (χ0) is 18.2. The summed E-state index contributed by atoms with van der Waals surface area (Å²) in [5.74, 6) is 4.71. The van der Waals surface area contributed by atoms with Crippen molar-refractivity contribution in [2.75, 3.05) is 26.4 Å². The van der Waals surface area contributed by atoms with Crippen LogP contribution < -0.4 is 0 Å². The number of carbonyl (C=O) groups is 3. The molecule has 0 aliphatic rings. The van der Waals surface area contributed by atoms with Gasteiger partial charge in [-0.25, -0.2) is 4.79 Å². The topological polar surface area (TPSA) is 88.1 Å². The van der Waals surface area contributed by atoms with Gasteiger partial charge in [0, 0.05) is 19.4 Å². The van der Waals surface area contributed by atoms with Crippen molar-refractivity contribution in [2.45, 2.75) is 27.2 Å². The predicted octanol–water partition coefficient (Wildman–Crippen LogP) is 2.16. The Bertz CT molecular complexity index is 535. The highest BCUT2D eigenvalue weighted by Crippen LogP contribution is 2.02. The van der Waals surface area contributed by atoms with Gasteiger partial charge < -0.3 is 18.9 Å². The summed E-state index contributed by atoms with van der Waals surface area (Å²) in [5.41, 5.74) is 0.677. The molecule has 0 radical (unpaired) electrons. The quantitative estimate of drug-likeness (QED) is 0.290. The lowest BCUT2D eigenvalue weighted by Crippen LogP contribution is -2.06. The molecule has 0 spiro atoms. The van der Waals surface area contributed by atoms with Gasteiger partial charge in [0.25, 0.3) is 0 Å². The number of hydrogen-bond acceptors (Lipinski definition) is 7. The van der Waals surface area contributed by atoms with Gasteiger partial charge in [-0.15, -0.1) is 0 Å². The number of rotatable bonds is 8. The lowest BCUT2D eigenvalue weighted by molar-refractivity contribution is -0.140. The third-order valence-electron chi connectivity index (χ3n) is 2.28. The van der Waals surface area contributed by atoms with Gasteiger partial charge in [0.05, 0.1) is 6.61 Å². The van der Waals surface area contributed by atoms with Crippen LogP contribution in [0.15, 0.2) is 23.8 Å². The second-order valence-electron chi connectivity index (χ2n) is 4.28. The van der Waals surface area contributed by atoms with Crippen molar-refractivity contribution in [1.29, 1.82) is 0 Å². The Kier molecular flexibility index (Phi) is 12.3. The van der Waals surface area contributed by atoms with Gasteiger partial charge in [0.2, 0.25) is 0 Å². The number of carbonyl (C=O) groups excluding carboxylic acids is 3. The third kappa shape index (κ3) is 14.2. The Morgan fingerprint density at radius 2 is 1.62 bits per heavy atom. The summed E-state index contributed by atoms with van der Waals surface area (Å²) in [6, 6.07) is 0. The molecule has 0 rings (SSSR count). The van der Waals surface area contributed by atoms with Crippen LogP contribution in [0.1, 0.15) is 27.2 Å². The zero-order valence-corrected chi connectivity index (χ0v) is 14.1. The summed E-state index contributed by atoms with van der Waals surface area (Å²) < 4.78 is 18.9. The molecule has 0 N–H and O–H groups in total. The maximum absolute atomic E-state index is 11.0. The van der Waals surface area contributed by atoms with E-state index in [-0.39, 0.29) is 26.4 Å². The first-order valence-corrected chi connectivity index (χ1v) is 7.34. The Hall–Kier alpha value is -2.75. The third-order valence-corrected chi connectivity index (χ3v) is 2.28. The van der Waals surface area contributed by atoms with E-state index in [1.54, 1.807) is 25.2 Å². The molecule has 0 atom stereocenters. The van der Waals surface area contributed by atoms with Crippen LogP contribution in [0.4, 0.5) is 4.79 Å². The Labute approximate surface area is 141 Å². The second kappa shape index (κ2) is 13.9. The highest BCUT2D eigenvalue weighted by Gasteiger charge is 1.98. The average molecular weight is 338 g/mol. The number of ether oxygens (including phenoxy) is 4. The Balaban J connectivity index is 4.44. The molecule has 0 bridgehead atoms. The molecule has 0 aromatic rings. The normalized spacial score (nSPS) is 10.5. The van der Waals surface area contributed by atoms with Crippen LogP contribution in [-0.2, 0) is 28.5 Å². The molecule has 0 aromatic heterocycles. The van der Waals surface area contributed by atoms with Crippen LogP contribution >= 0.6 is 0 Å². The maximum Gasteiger partial charge on any atom is 0.508 e. The highest BCUT2D eigenvalue weighted by molar-refractivity contribution is 5.66. The number of allylic oxidation sites excluding steroid dienone is 2. The molecule has 0 aromatic carbocycles. The molecule has 24 heavy (non-hydrogen) atoms. The van der Waals surface area contributed by atoms with Crippen molar-refractivity contribution < 1.29 is 33.3 Å². The summed E-state index contributed by atoms with van der Waals surface area (Å²) >= 11 is 0. The van der Waals surface area contributed by atoms with E-state index in [2.05, 4.69) is 16.6 Å². The van der Waals surface area contributed by atoms with Crippen LogP contribution in [-0.4, -0.2) is 44.5 Å². The molecule has 0 aliphatic heterocycles. The van der Waals surface area contributed by atoms with Gasteiger partial charge in [0.1, 0.15) is 13.2 Å². The molecule has 0 amide bonds. The van der Waals surface area contributed by atoms with Crippen LogP contribution in [0.2, 0.25) is 0 Å². The van der Waals surface area contributed by atoms with Gasteiger partial charge in [-0.3, -0.25) is 9.59 Å². The standard InChI is InChI=1S/C17H22O7/c1-4-21-17(20)24-11-6-5-8-16(10-13-23-15(3)19)9-7-12-22-14(2)18/h5-6,10H,4,8,11-13H2,1-3H3/b6-5+,16-10-. The molecule has 0 saturated heterocycles. The predicted molar refractivity (Wildman–Crippen MR) is 85.9 cm³/mol. The first-order valence-electron chi connectivity index (χ1n) is 7.34. The van der Waals surface area contributed by atoms with Crippen LogP contribution in [0.3, 0.4) is 0 Å². The van der Waals surface area contributed by atoms with Crippen molar-refractivity contribution in [2.24, 2.45) is 0 Å². The summed E-state index contributed by atoms with van der Waals surface area (Å²) in [5, 5.41) is 0. The highest BCUT2D eigenvalue weighted by atomic mass is 16.7. The van der Waals surface area contributed by atoms with Crippen LogP contribution in [0, 0.1) is 11.8 Å². The van der Waals surface area contributed by atoms with E-state index in [0.29, 0.717) is 12.0 Å². The molecule has 0 saturated carbocycles. The average Bonchev–Trinajstić information content (AvgIpc) is 2.50. The van der Waals surface area contributed by atoms with Crippen molar-refractivity contribution in [3.05, 3.63) is 23.8 Å². The van der Waals surface area contributed by atoms with Gasteiger partial charge in [-0.1, -0.05) is 24.0 Å². The molecule has 0 unspecified atom stereocenters. The van der Waals surface area contributed by atoms with E-state index in [1.807, 2.05) is 0 Å². The lowest BCUT2D eigenvalue weighted by Gasteiger charge is -2.01. The first-order chi connectivity index (χ1) is 11.5. The van der Waals surface area contributed by atoms with Gasteiger partial charge >= 0.3 is 18.1 Å². The fourth-order valence-electron chi connectivity index (χ4n) is 1.29. The smallest absolute Gasteiger partial charge is 0.462 e. The number of esters is 2. The first kappa shape index (κ1) is 21.2. The van der Waals surface area contributed by atoms with E-state index in [9.17, 15) is 14.4 Å². The summed E-state index contributed by atoms with van der Waals surface area (Å²) in [4.78, 5) is 32.4. The molecule has 132 valence electrons. The molecule has 0 aliphatic carbocycles. The second-order valence-corrected chi connectivity index (χ2v) is 4.28. The van der Waals surface area contributed by atoms with Gasteiger partial charge in [0.15, 0.2) is 6.61 Å². The number of hydrogen-bond donors (Lipinski definition) is 0. The van der Waals surface area contributed by atoms with Crippen molar-refractivity contribution in [3.8, 4) is 11.8 Å². The lowest BCUT2D eigenvalue weighted by atomic mass is 10.1. The molecule has 0 heterocycles. The van der Waals surface area contributed by atoms with E-state index in [1.165, 1.54) is 13.8 Å². The Morgan fingerprint density at radius 3 is 2.25 bits per heavy atom. The van der Waals surface area contributed by atoms with Crippen molar-refractivity contribution >= 4 is 18.1 Å². The molecule has 0 fully saturated rings. The molecule has 7 heteroatoms. The van der Waals surface area contributed by atoms with E-state index in [4.69, 9.17) is 14.2 Å². The van der Waals surface area contributed by atoms with Crippen molar-refractivity contribution in [1.82, 2.24) is 0 Å². The van der Waals surface area contributed by atoms with Gasteiger partial charge in [-0.2, -0.15) is 0 Å². The SMILES string of the molecule is CCOC(=O)OC/C=C/C/C(C#CCOC(C)=O)=C/COC(C)=O. The minimum atomic E-state index is -0.728. The van der Waals surface area contributed by atoms with Crippen LogP contribution in [0.5, 0.6) is 0 Å². The molecular formula is C17H22O7. The molecular weight excluding hydrogens is 316 g/mol. The molecule has 7 nitrogen and oxygen atoms in total. The summed E-state index contributed by atoms with van der Waals surface area (Å²) in [6.45, 7) is 4.71. The van der Waals surface area contributed by atoms with E-state index < -0.39 is 18.1 Å². The fourth-order valence-corrected chi connectivity index (χ4v) is 1.29. The van der Waals surface area contributed by atoms with Crippen molar-refractivity contribution in [3.63, 3.8) is 0 Å². The Morgan fingerprint density at radius 1 is 0.917 bits per heavy atom. The monoisotopic (exact) mass is 338 g/mol. The summed E-state index contributed by atoms with van der Waals surface area (Å²) in [7, 11) is 0. The van der Waals surface area contributed by atoms with Gasteiger partial charge in [-0.05, 0) is 19.4 Å². The largest absolute Gasteiger partial charge is 0.508 e. The van der Waals surface area contributed by atoms with Crippen LogP contribution in [0.25, 0.3) is 0 Å².